The van der Waals surface area contributed by atoms with Crippen LogP contribution >= 0.6 is 0 Å². The first-order valence-electron chi connectivity index (χ1n) is 5.55. The largest absolute Gasteiger partial charge is 0.316 e. The minimum atomic E-state index is -2.76. The van der Waals surface area contributed by atoms with E-state index in [1.807, 2.05) is 0 Å². The van der Waals surface area contributed by atoms with Gasteiger partial charge in [0.05, 0.1) is 5.75 Å². The van der Waals surface area contributed by atoms with Gasteiger partial charge in [-0.3, -0.25) is 0 Å². The summed E-state index contributed by atoms with van der Waals surface area (Å²) in [5.41, 5.74) is 0. The average Bonchev–Trinajstić information content (AvgIpc) is 2.43. The first kappa shape index (κ1) is 12.0. The molecule has 0 aromatic carbocycles. The van der Waals surface area contributed by atoms with E-state index in [0.29, 0.717) is 11.7 Å². The summed E-state index contributed by atoms with van der Waals surface area (Å²) in [7, 11) is -2.76. The van der Waals surface area contributed by atoms with Gasteiger partial charge in [-0.15, -0.1) is 0 Å². The summed E-state index contributed by atoms with van der Waals surface area (Å²) in [6.45, 7) is 3.82. The molecule has 1 atom stereocenters. The van der Waals surface area contributed by atoms with Gasteiger partial charge >= 0.3 is 0 Å². The number of sulfone groups is 1. The molecular formula is C10H21NO2S. The number of hydrogen-bond donors (Lipinski definition) is 1. The Morgan fingerprint density at radius 2 is 2.14 bits per heavy atom. The summed E-state index contributed by atoms with van der Waals surface area (Å²) < 4.78 is 22.6. The SMILES string of the molecule is CCS(=O)(=O)CCC1CCCCNC1. The fraction of sp³-hybridized carbons (Fsp3) is 1.00. The Balaban J connectivity index is 2.29. The fourth-order valence-corrected chi connectivity index (χ4v) is 2.81. The monoisotopic (exact) mass is 219 g/mol. The number of rotatable bonds is 4. The molecule has 1 saturated heterocycles. The summed E-state index contributed by atoms with van der Waals surface area (Å²) in [5.74, 6) is 1.22. The van der Waals surface area contributed by atoms with Crippen LogP contribution in [-0.4, -0.2) is 33.0 Å². The van der Waals surface area contributed by atoms with Gasteiger partial charge in [0.1, 0.15) is 9.84 Å². The molecule has 0 aromatic rings. The van der Waals surface area contributed by atoms with E-state index in [1.54, 1.807) is 6.92 Å². The van der Waals surface area contributed by atoms with Crippen molar-refractivity contribution in [3.63, 3.8) is 0 Å². The average molecular weight is 219 g/mol. The predicted octanol–water partition coefficient (Wildman–Crippen LogP) is 1.20. The van der Waals surface area contributed by atoms with Crippen molar-refractivity contribution < 1.29 is 8.42 Å². The van der Waals surface area contributed by atoms with E-state index in [9.17, 15) is 8.42 Å². The van der Waals surface area contributed by atoms with E-state index in [4.69, 9.17) is 0 Å². The van der Waals surface area contributed by atoms with Gasteiger partial charge in [-0.05, 0) is 38.3 Å². The van der Waals surface area contributed by atoms with Crippen molar-refractivity contribution in [3.05, 3.63) is 0 Å². The van der Waals surface area contributed by atoms with Crippen LogP contribution in [0.5, 0.6) is 0 Å². The zero-order valence-corrected chi connectivity index (χ0v) is 9.78. The van der Waals surface area contributed by atoms with Crippen LogP contribution < -0.4 is 5.32 Å². The van der Waals surface area contributed by atoms with Gasteiger partial charge in [-0.25, -0.2) is 8.42 Å². The van der Waals surface area contributed by atoms with Crippen LogP contribution in [0.25, 0.3) is 0 Å². The van der Waals surface area contributed by atoms with Gasteiger partial charge in [-0.2, -0.15) is 0 Å². The van der Waals surface area contributed by atoms with E-state index in [1.165, 1.54) is 19.3 Å². The Hall–Kier alpha value is -0.0900. The van der Waals surface area contributed by atoms with E-state index in [0.717, 1.165) is 19.5 Å². The Labute approximate surface area is 87.2 Å². The maximum atomic E-state index is 11.3. The molecule has 0 bridgehead atoms. The maximum absolute atomic E-state index is 11.3. The van der Waals surface area contributed by atoms with Crippen LogP contribution in [0, 0.1) is 5.92 Å². The van der Waals surface area contributed by atoms with Crippen LogP contribution in [0.3, 0.4) is 0 Å². The van der Waals surface area contributed by atoms with Crippen molar-refractivity contribution in [1.82, 2.24) is 5.32 Å². The lowest BCUT2D eigenvalue weighted by Gasteiger charge is -2.13. The lowest BCUT2D eigenvalue weighted by atomic mass is 10.0. The van der Waals surface area contributed by atoms with Gasteiger partial charge in [0, 0.05) is 5.75 Å². The molecule has 4 heteroatoms. The molecule has 0 radical (unpaired) electrons. The molecule has 0 aliphatic carbocycles. The Bertz CT molecular complexity index is 241. The van der Waals surface area contributed by atoms with Crippen LogP contribution in [0.2, 0.25) is 0 Å². The topological polar surface area (TPSA) is 46.2 Å². The van der Waals surface area contributed by atoms with Gasteiger partial charge in [-0.1, -0.05) is 13.3 Å². The van der Waals surface area contributed by atoms with Crippen LogP contribution in [0.1, 0.15) is 32.6 Å². The van der Waals surface area contributed by atoms with E-state index >= 15 is 0 Å². The highest BCUT2D eigenvalue weighted by atomic mass is 32.2. The lowest BCUT2D eigenvalue weighted by Crippen LogP contribution is -2.23. The molecule has 1 rings (SSSR count). The van der Waals surface area contributed by atoms with Crippen molar-refractivity contribution >= 4 is 9.84 Å². The summed E-state index contributed by atoms with van der Waals surface area (Å²) in [6, 6.07) is 0. The van der Waals surface area contributed by atoms with Gasteiger partial charge in [0.2, 0.25) is 0 Å². The first-order valence-corrected chi connectivity index (χ1v) is 7.37. The van der Waals surface area contributed by atoms with E-state index < -0.39 is 9.84 Å². The van der Waals surface area contributed by atoms with Crippen molar-refractivity contribution in [2.45, 2.75) is 32.6 Å². The molecule has 1 fully saturated rings. The molecule has 0 saturated carbocycles. The third-order valence-electron chi connectivity index (χ3n) is 2.93. The molecule has 1 heterocycles. The molecule has 3 nitrogen and oxygen atoms in total. The van der Waals surface area contributed by atoms with Gasteiger partial charge < -0.3 is 5.32 Å². The van der Waals surface area contributed by atoms with Crippen LogP contribution in [0.4, 0.5) is 0 Å². The van der Waals surface area contributed by atoms with Crippen molar-refractivity contribution in [2.75, 3.05) is 24.6 Å². The minimum Gasteiger partial charge on any atom is -0.316 e. The molecule has 14 heavy (non-hydrogen) atoms. The Morgan fingerprint density at radius 1 is 1.36 bits per heavy atom. The molecule has 1 unspecified atom stereocenters. The molecule has 0 spiro atoms. The second-order valence-electron chi connectivity index (χ2n) is 4.09. The lowest BCUT2D eigenvalue weighted by molar-refractivity contribution is 0.463. The van der Waals surface area contributed by atoms with Crippen molar-refractivity contribution in [3.8, 4) is 0 Å². The smallest absolute Gasteiger partial charge is 0.150 e. The van der Waals surface area contributed by atoms with Crippen LogP contribution in [-0.2, 0) is 9.84 Å². The Morgan fingerprint density at radius 3 is 2.86 bits per heavy atom. The molecule has 0 aromatic heterocycles. The second-order valence-corrected chi connectivity index (χ2v) is 6.56. The third kappa shape index (κ3) is 4.42. The number of nitrogens with one attached hydrogen (secondary N) is 1. The highest BCUT2D eigenvalue weighted by Crippen LogP contribution is 2.15. The maximum Gasteiger partial charge on any atom is 0.150 e. The molecular weight excluding hydrogens is 198 g/mol. The fourth-order valence-electron chi connectivity index (χ4n) is 1.83. The quantitative estimate of drug-likeness (QED) is 0.773. The summed E-state index contributed by atoms with van der Waals surface area (Å²) >= 11 is 0. The molecule has 84 valence electrons. The first-order chi connectivity index (χ1) is 6.64. The third-order valence-corrected chi connectivity index (χ3v) is 4.66. The highest BCUT2D eigenvalue weighted by Gasteiger charge is 2.15. The highest BCUT2D eigenvalue weighted by molar-refractivity contribution is 7.91. The zero-order chi connectivity index (χ0) is 10.4. The summed E-state index contributed by atoms with van der Waals surface area (Å²) in [4.78, 5) is 0. The normalized spacial score (nSPS) is 24.5. The van der Waals surface area contributed by atoms with Gasteiger partial charge in [0.15, 0.2) is 0 Å². The zero-order valence-electron chi connectivity index (χ0n) is 8.96. The van der Waals surface area contributed by atoms with Crippen LogP contribution in [0.15, 0.2) is 0 Å². The summed E-state index contributed by atoms with van der Waals surface area (Å²) in [6.07, 6.45) is 4.50. The second kappa shape index (κ2) is 5.71. The van der Waals surface area contributed by atoms with E-state index in [2.05, 4.69) is 5.32 Å². The summed E-state index contributed by atoms with van der Waals surface area (Å²) in [5, 5.41) is 3.36. The standard InChI is InChI=1S/C10H21NO2S/c1-2-14(12,13)8-6-10-5-3-4-7-11-9-10/h10-11H,2-9H2,1H3. The predicted molar refractivity (Wildman–Crippen MR) is 59.2 cm³/mol. The molecule has 1 N–H and O–H groups in total. The Kier molecular flexibility index (Phi) is 4.89. The van der Waals surface area contributed by atoms with E-state index in [-0.39, 0.29) is 5.75 Å². The molecule has 1 aliphatic rings. The number of hydrogen-bond acceptors (Lipinski definition) is 3. The van der Waals surface area contributed by atoms with Crippen molar-refractivity contribution in [2.24, 2.45) is 5.92 Å². The van der Waals surface area contributed by atoms with Gasteiger partial charge in [0.25, 0.3) is 0 Å². The van der Waals surface area contributed by atoms with Crippen molar-refractivity contribution in [1.29, 1.82) is 0 Å². The molecule has 0 amide bonds. The minimum absolute atomic E-state index is 0.285. The molecule has 1 aliphatic heterocycles.